The van der Waals surface area contributed by atoms with Crippen molar-refractivity contribution in [3.63, 3.8) is 0 Å². The summed E-state index contributed by atoms with van der Waals surface area (Å²) < 4.78 is 0. The van der Waals surface area contributed by atoms with Gasteiger partial charge in [0, 0.05) is 23.5 Å². The topological polar surface area (TPSA) is 36.4 Å². The van der Waals surface area contributed by atoms with Gasteiger partial charge >= 0.3 is 0 Å². The number of aliphatic hydroxyl groups is 1. The maximum atomic E-state index is 8.88. The molecule has 1 aliphatic rings. The summed E-state index contributed by atoms with van der Waals surface area (Å²) in [6.07, 6.45) is 4.20. The molecule has 15 heavy (non-hydrogen) atoms. The maximum Gasteiger partial charge on any atom is 0.0984 e. The van der Waals surface area contributed by atoms with Crippen LogP contribution in [0.1, 0.15) is 24.8 Å². The summed E-state index contributed by atoms with van der Waals surface area (Å²) >= 11 is 1.76. The fourth-order valence-corrected chi connectivity index (χ4v) is 3.01. The van der Waals surface area contributed by atoms with Gasteiger partial charge in [0.1, 0.15) is 0 Å². The Hall–Kier alpha value is -0.450. The Balaban J connectivity index is 1.97. The maximum absolute atomic E-state index is 8.88. The molecule has 0 bridgehead atoms. The smallest absolute Gasteiger partial charge is 0.0984 e. The highest BCUT2D eigenvalue weighted by molar-refractivity contribution is 7.09. The van der Waals surface area contributed by atoms with Crippen LogP contribution in [-0.2, 0) is 5.41 Å². The highest BCUT2D eigenvalue weighted by Crippen LogP contribution is 2.35. The third kappa shape index (κ3) is 2.38. The minimum Gasteiger partial charge on any atom is -0.395 e. The van der Waals surface area contributed by atoms with Crippen LogP contribution >= 0.6 is 11.3 Å². The van der Waals surface area contributed by atoms with E-state index in [1.807, 2.05) is 6.20 Å². The van der Waals surface area contributed by atoms with Crippen molar-refractivity contribution < 1.29 is 5.11 Å². The summed E-state index contributed by atoms with van der Waals surface area (Å²) in [6, 6.07) is 0. The standard InChI is InChI=1S/C11H18N2OS/c1-11(10-12-4-9-15-10)2-5-13(6-3-11)7-8-14/h4,9,14H,2-3,5-8H2,1H3. The average Bonchev–Trinajstić information content (AvgIpc) is 2.76. The molecule has 2 rings (SSSR count). The van der Waals surface area contributed by atoms with Gasteiger partial charge in [-0.3, -0.25) is 0 Å². The first-order chi connectivity index (χ1) is 7.24. The summed E-state index contributed by atoms with van der Waals surface area (Å²) in [4.78, 5) is 6.76. The van der Waals surface area contributed by atoms with E-state index in [9.17, 15) is 0 Å². The number of β-amino-alcohol motifs (C(OH)–C–C–N with tert-alkyl or cyclic N) is 1. The van der Waals surface area contributed by atoms with Crippen LogP contribution in [0, 0.1) is 0 Å². The Morgan fingerprint density at radius 2 is 2.27 bits per heavy atom. The van der Waals surface area contributed by atoms with Crippen molar-refractivity contribution >= 4 is 11.3 Å². The fraction of sp³-hybridized carbons (Fsp3) is 0.727. The van der Waals surface area contributed by atoms with E-state index in [0.29, 0.717) is 0 Å². The van der Waals surface area contributed by atoms with E-state index in [2.05, 4.69) is 22.2 Å². The Morgan fingerprint density at radius 3 is 2.80 bits per heavy atom. The van der Waals surface area contributed by atoms with Crippen molar-refractivity contribution in [3.8, 4) is 0 Å². The van der Waals surface area contributed by atoms with E-state index in [1.54, 1.807) is 11.3 Å². The molecule has 1 aromatic heterocycles. The van der Waals surface area contributed by atoms with Gasteiger partial charge in [0.25, 0.3) is 0 Å². The lowest BCUT2D eigenvalue weighted by molar-refractivity contribution is 0.137. The number of rotatable bonds is 3. The summed E-state index contributed by atoms with van der Waals surface area (Å²) in [7, 11) is 0. The molecular weight excluding hydrogens is 208 g/mol. The number of hydrogen-bond acceptors (Lipinski definition) is 4. The van der Waals surface area contributed by atoms with Gasteiger partial charge in [-0.25, -0.2) is 4.98 Å². The summed E-state index contributed by atoms with van der Waals surface area (Å²) in [5.74, 6) is 0. The molecule has 1 fully saturated rings. The lowest BCUT2D eigenvalue weighted by Crippen LogP contribution is -2.41. The van der Waals surface area contributed by atoms with Crippen LogP contribution in [0.3, 0.4) is 0 Å². The fourth-order valence-electron chi connectivity index (χ4n) is 2.15. The lowest BCUT2D eigenvalue weighted by atomic mass is 9.81. The number of likely N-dealkylation sites (tertiary alicyclic amines) is 1. The summed E-state index contributed by atoms with van der Waals surface area (Å²) in [5.41, 5.74) is 0.264. The van der Waals surface area contributed by atoms with Crippen LogP contribution in [0.2, 0.25) is 0 Å². The van der Waals surface area contributed by atoms with Crippen LogP contribution in [0.25, 0.3) is 0 Å². The molecule has 0 atom stereocenters. The first-order valence-corrected chi connectivity index (χ1v) is 6.36. The SMILES string of the molecule is CC1(c2nccs2)CCN(CCO)CC1. The number of aromatic nitrogens is 1. The van der Waals surface area contributed by atoms with Gasteiger partial charge in [-0.05, 0) is 25.9 Å². The molecule has 1 N–H and O–H groups in total. The zero-order chi connectivity index (χ0) is 10.7. The predicted octanol–water partition coefficient (Wildman–Crippen LogP) is 1.49. The minimum absolute atomic E-state index is 0.264. The molecule has 3 nitrogen and oxygen atoms in total. The zero-order valence-electron chi connectivity index (χ0n) is 9.15. The third-order valence-corrected chi connectivity index (χ3v) is 4.40. The minimum atomic E-state index is 0.264. The molecule has 2 heterocycles. The predicted molar refractivity (Wildman–Crippen MR) is 62.2 cm³/mol. The highest BCUT2D eigenvalue weighted by Gasteiger charge is 2.33. The number of piperidine rings is 1. The monoisotopic (exact) mass is 226 g/mol. The van der Waals surface area contributed by atoms with Gasteiger partial charge < -0.3 is 10.0 Å². The molecule has 1 saturated heterocycles. The van der Waals surface area contributed by atoms with Crippen molar-refractivity contribution in [2.24, 2.45) is 0 Å². The Kier molecular flexibility index (Phi) is 3.38. The van der Waals surface area contributed by atoms with Crippen molar-refractivity contribution in [1.82, 2.24) is 9.88 Å². The molecule has 0 amide bonds. The average molecular weight is 226 g/mol. The van der Waals surface area contributed by atoms with E-state index in [-0.39, 0.29) is 12.0 Å². The molecule has 0 spiro atoms. The molecule has 84 valence electrons. The van der Waals surface area contributed by atoms with E-state index in [1.165, 1.54) is 5.01 Å². The first kappa shape index (κ1) is 11.0. The lowest BCUT2D eigenvalue weighted by Gasteiger charge is -2.37. The quantitative estimate of drug-likeness (QED) is 0.848. The highest BCUT2D eigenvalue weighted by atomic mass is 32.1. The number of thiazole rings is 1. The molecule has 0 radical (unpaired) electrons. The van der Waals surface area contributed by atoms with E-state index in [0.717, 1.165) is 32.5 Å². The van der Waals surface area contributed by atoms with Gasteiger partial charge in [0.15, 0.2) is 0 Å². The Labute approximate surface area is 94.8 Å². The van der Waals surface area contributed by atoms with E-state index < -0.39 is 0 Å². The summed E-state index contributed by atoms with van der Waals surface area (Å²) in [6.45, 7) is 5.55. The first-order valence-electron chi connectivity index (χ1n) is 5.48. The number of aliphatic hydroxyl groups excluding tert-OH is 1. The zero-order valence-corrected chi connectivity index (χ0v) is 9.96. The largest absolute Gasteiger partial charge is 0.395 e. The Morgan fingerprint density at radius 1 is 1.53 bits per heavy atom. The number of hydrogen-bond donors (Lipinski definition) is 1. The van der Waals surface area contributed by atoms with Gasteiger partial charge in [-0.2, -0.15) is 0 Å². The third-order valence-electron chi connectivity index (χ3n) is 3.32. The van der Waals surface area contributed by atoms with Gasteiger partial charge in [-0.15, -0.1) is 11.3 Å². The molecule has 0 saturated carbocycles. The van der Waals surface area contributed by atoms with Crippen molar-refractivity contribution in [2.75, 3.05) is 26.2 Å². The molecule has 4 heteroatoms. The van der Waals surface area contributed by atoms with Crippen LogP contribution < -0.4 is 0 Å². The number of nitrogens with zero attached hydrogens (tertiary/aromatic N) is 2. The summed E-state index contributed by atoms with van der Waals surface area (Å²) in [5, 5.41) is 12.2. The van der Waals surface area contributed by atoms with Crippen LogP contribution in [0.15, 0.2) is 11.6 Å². The van der Waals surface area contributed by atoms with Crippen LogP contribution in [0.4, 0.5) is 0 Å². The van der Waals surface area contributed by atoms with Crippen molar-refractivity contribution in [2.45, 2.75) is 25.2 Å². The second kappa shape index (κ2) is 4.60. The normalized spacial score (nSPS) is 21.7. The molecule has 0 unspecified atom stereocenters. The van der Waals surface area contributed by atoms with Gasteiger partial charge in [0.2, 0.25) is 0 Å². The van der Waals surface area contributed by atoms with Crippen molar-refractivity contribution in [3.05, 3.63) is 16.6 Å². The van der Waals surface area contributed by atoms with Crippen LogP contribution in [-0.4, -0.2) is 41.2 Å². The molecular formula is C11H18N2OS. The second-order valence-electron chi connectivity index (χ2n) is 4.46. The molecule has 0 aliphatic carbocycles. The van der Waals surface area contributed by atoms with Crippen molar-refractivity contribution in [1.29, 1.82) is 0 Å². The van der Waals surface area contributed by atoms with Crippen LogP contribution in [0.5, 0.6) is 0 Å². The molecule has 1 aromatic rings. The van der Waals surface area contributed by atoms with Gasteiger partial charge in [-0.1, -0.05) is 6.92 Å². The van der Waals surface area contributed by atoms with Gasteiger partial charge in [0.05, 0.1) is 11.6 Å². The molecule has 1 aliphatic heterocycles. The van der Waals surface area contributed by atoms with E-state index in [4.69, 9.17) is 5.11 Å². The second-order valence-corrected chi connectivity index (χ2v) is 5.36. The Bertz CT molecular complexity index is 292. The molecule has 0 aromatic carbocycles. The van der Waals surface area contributed by atoms with E-state index >= 15 is 0 Å².